The molecule has 6 radical (unpaired) electrons. The molecule has 0 saturated carbocycles. The van der Waals surface area contributed by atoms with Crippen LogP contribution in [0.2, 0.25) is 0 Å². The van der Waals surface area contributed by atoms with E-state index >= 15 is 0 Å². The first-order chi connectivity index (χ1) is 15.8. The molecule has 0 spiro atoms. The van der Waals surface area contributed by atoms with Crippen molar-refractivity contribution in [2.24, 2.45) is 5.73 Å². The summed E-state index contributed by atoms with van der Waals surface area (Å²) in [4.78, 5) is 12.8. The molecule has 0 bridgehead atoms. The third-order valence-electron chi connectivity index (χ3n) is 4.95. The third kappa shape index (κ3) is 4.75. The van der Waals surface area contributed by atoms with Crippen LogP contribution in [0.15, 0.2) is 60.2 Å². The van der Waals surface area contributed by atoms with Crippen molar-refractivity contribution in [3.8, 4) is 0 Å². The van der Waals surface area contributed by atoms with Crippen LogP contribution in [0.4, 0.5) is 26.3 Å². The Morgan fingerprint density at radius 1 is 0.829 bits per heavy atom. The van der Waals surface area contributed by atoms with E-state index in [9.17, 15) is 39.6 Å². The maximum atomic E-state index is 12.8. The largest absolute Gasteiger partial charge is 0.467 e. The van der Waals surface area contributed by atoms with Gasteiger partial charge in [-0.3, -0.25) is 4.79 Å². The number of carbonyl (C=O) groups is 1. The Kier molecular flexibility index (Phi) is 6.29. The molecule has 0 saturated heterocycles. The standard InChI is InChI=1S/C19H10B3F6NO5S/c20-16(9-1-5-11(6-2-9)18(23,24)25)14(30)13(15(29)33-16)34-35(31,32)17(21,22)10-3-7-12(8-4-10)19(26,27)28/h1-8H,29H2. The second kappa shape index (κ2) is 8.28. The molecular formula is C19H10B3F6NO5S. The van der Waals surface area contributed by atoms with E-state index in [0.29, 0.717) is 36.4 Å². The highest BCUT2D eigenvalue weighted by Gasteiger charge is 2.50. The summed E-state index contributed by atoms with van der Waals surface area (Å²) in [6, 6.07) is 5.23. The third-order valence-corrected chi connectivity index (χ3v) is 6.40. The number of halogens is 6. The maximum absolute atomic E-state index is 12.8. The van der Waals surface area contributed by atoms with Crippen molar-refractivity contribution in [2.75, 3.05) is 0 Å². The van der Waals surface area contributed by atoms with Gasteiger partial charge >= 0.3 is 22.5 Å². The van der Waals surface area contributed by atoms with E-state index in [-0.39, 0.29) is 5.56 Å². The summed E-state index contributed by atoms with van der Waals surface area (Å²) in [5, 5.41) is 0. The zero-order valence-corrected chi connectivity index (χ0v) is 18.0. The first-order valence-corrected chi connectivity index (χ1v) is 10.6. The minimum absolute atomic E-state index is 0.330. The van der Waals surface area contributed by atoms with Crippen LogP contribution in [0, 0.1) is 0 Å². The lowest BCUT2D eigenvalue weighted by molar-refractivity contribution is -0.138. The molecule has 16 heteroatoms. The van der Waals surface area contributed by atoms with Gasteiger partial charge in [-0.1, -0.05) is 24.3 Å². The smallest absolute Gasteiger partial charge is 0.416 e. The maximum Gasteiger partial charge on any atom is 0.416 e. The minimum atomic E-state index is -5.24. The van der Waals surface area contributed by atoms with Gasteiger partial charge in [0.25, 0.3) is 0 Å². The molecule has 0 fully saturated rings. The molecule has 0 aliphatic carbocycles. The van der Waals surface area contributed by atoms with E-state index in [1.165, 1.54) is 0 Å². The van der Waals surface area contributed by atoms with E-state index in [2.05, 4.69) is 4.18 Å². The van der Waals surface area contributed by atoms with Gasteiger partial charge in [0, 0.05) is 0 Å². The van der Waals surface area contributed by atoms with Crippen LogP contribution in [-0.4, -0.2) is 37.7 Å². The quantitative estimate of drug-likeness (QED) is 0.377. The minimum Gasteiger partial charge on any atom is -0.467 e. The van der Waals surface area contributed by atoms with E-state index in [4.69, 9.17) is 34.0 Å². The van der Waals surface area contributed by atoms with Crippen molar-refractivity contribution in [1.82, 2.24) is 0 Å². The van der Waals surface area contributed by atoms with Gasteiger partial charge in [-0.2, -0.15) is 34.8 Å². The fraction of sp³-hybridized carbons (Fsp3) is 0.211. The van der Waals surface area contributed by atoms with E-state index < -0.39 is 66.6 Å². The van der Waals surface area contributed by atoms with Gasteiger partial charge < -0.3 is 14.7 Å². The van der Waals surface area contributed by atoms with Crippen LogP contribution in [0.3, 0.4) is 0 Å². The number of hydrogen-bond acceptors (Lipinski definition) is 6. The number of Topliss-reactive ketones (excluding diaryl/α,β-unsaturated/α-hetero) is 1. The summed E-state index contributed by atoms with van der Waals surface area (Å²) in [6.45, 7) is 0. The lowest BCUT2D eigenvalue weighted by atomic mass is 9.65. The fourth-order valence-corrected chi connectivity index (χ4v) is 3.91. The number of hydrogen-bond donors (Lipinski definition) is 1. The van der Waals surface area contributed by atoms with Crippen molar-refractivity contribution in [2.45, 2.75) is 22.4 Å². The SMILES string of the molecule is [B]C1(c2ccc(C(F)(F)F)cc2)OC(N)=C(OS(=O)(=O)C([B])([B])c2ccc(C(F)(F)F)cc2)C1=O. The Morgan fingerprint density at radius 3 is 1.66 bits per heavy atom. The monoisotopic (exact) mass is 511 g/mol. The Hall–Kier alpha value is -3.03. The van der Waals surface area contributed by atoms with Gasteiger partial charge in [0.1, 0.15) is 7.85 Å². The van der Waals surface area contributed by atoms with Crippen molar-refractivity contribution in [3.63, 3.8) is 0 Å². The normalized spacial score (nSPS) is 19.5. The number of alkyl halides is 6. The second-order valence-corrected chi connectivity index (χ2v) is 9.09. The van der Waals surface area contributed by atoms with Gasteiger partial charge in [-0.15, -0.1) is 0 Å². The highest BCUT2D eigenvalue weighted by atomic mass is 32.2. The first-order valence-electron chi connectivity index (χ1n) is 9.20. The van der Waals surface area contributed by atoms with Crippen LogP contribution in [0.25, 0.3) is 0 Å². The molecule has 178 valence electrons. The Labute approximate surface area is 198 Å². The molecule has 1 atom stereocenters. The average molecular weight is 511 g/mol. The molecule has 6 nitrogen and oxygen atoms in total. The highest BCUT2D eigenvalue weighted by molar-refractivity contribution is 7.90. The zero-order chi connectivity index (χ0) is 26.6. The van der Waals surface area contributed by atoms with E-state index in [0.717, 1.165) is 12.1 Å². The topological polar surface area (TPSA) is 95.7 Å². The van der Waals surface area contributed by atoms with Crippen molar-refractivity contribution >= 4 is 39.4 Å². The lowest BCUT2D eigenvalue weighted by Gasteiger charge is -2.27. The number of ether oxygens (including phenoxy) is 1. The summed E-state index contributed by atoms with van der Waals surface area (Å²) in [6.07, 6.45) is -9.42. The van der Waals surface area contributed by atoms with Gasteiger partial charge in [0.05, 0.1) is 31.4 Å². The number of carbonyl (C=O) groups excluding carboxylic acids is 1. The molecule has 2 aromatic carbocycles. The van der Waals surface area contributed by atoms with E-state index in [1.807, 2.05) is 0 Å². The molecule has 1 heterocycles. The van der Waals surface area contributed by atoms with Gasteiger partial charge in [-0.25, -0.2) is 0 Å². The fourth-order valence-electron chi connectivity index (χ4n) is 2.97. The van der Waals surface area contributed by atoms with Gasteiger partial charge in [0.2, 0.25) is 17.4 Å². The van der Waals surface area contributed by atoms with Crippen molar-refractivity contribution in [1.29, 1.82) is 0 Å². The summed E-state index contributed by atoms with van der Waals surface area (Å²) in [5.41, 5.74) is -0.0969. The van der Waals surface area contributed by atoms with E-state index in [1.54, 1.807) is 0 Å². The zero-order valence-electron chi connectivity index (χ0n) is 17.1. The molecule has 2 N–H and O–H groups in total. The summed E-state index contributed by atoms with van der Waals surface area (Å²) in [7, 11) is 11.8. The number of ketones is 1. The molecule has 0 aromatic heterocycles. The predicted molar refractivity (Wildman–Crippen MR) is 111 cm³/mol. The number of nitrogens with two attached hydrogens (primary N) is 1. The highest BCUT2D eigenvalue weighted by Crippen LogP contribution is 2.39. The summed E-state index contributed by atoms with van der Waals surface area (Å²) < 4.78 is 109. The molecule has 3 rings (SSSR count). The molecule has 1 aliphatic rings. The Bertz CT molecular complexity index is 1290. The summed E-state index contributed by atoms with van der Waals surface area (Å²) in [5.74, 6) is -3.54. The van der Waals surface area contributed by atoms with Crippen molar-refractivity contribution < 1.29 is 48.5 Å². The number of benzene rings is 2. The Balaban J connectivity index is 1.89. The van der Waals surface area contributed by atoms with Crippen LogP contribution < -0.4 is 5.73 Å². The molecule has 1 aliphatic heterocycles. The lowest BCUT2D eigenvalue weighted by Crippen LogP contribution is -2.40. The van der Waals surface area contributed by atoms with Gasteiger partial charge in [0.15, 0.2) is 5.50 Å². The molecule has 1 unspecified atom stereocenters. The molecule has 35 heavy (non-hydrogen) atoms. The predicted octanol–water partition coefficient (Wildman–Crippen LogP) is 2.27. The average Bonchev–Trinajstić information content (AvgIpc) is 2.96. The van der Waals surface area contributed by atoms with Gasteiger partial charge in [-0.05, 0) is 35.4 Å². The Morgan fingerprint density at radius 2 is 1.23 bits per heavy atom. The van der Waals surface area contributed by atoms with Crippen molar-refractivity contribution in [3.05, 3.63) is 82.4 Å². The molecule has 2 aromatic rings. The van der Waals surface area contributed by atoms with Crippen LogP contribution in [0.1, 0.15) is 22.3 Å². The second-order valence-electron chi connectivity index (χ2n) is 7.34. The molecular weight excluding hydrogens is 501 g/mol. The molecule has 0 amide bonds. The van der Waals surface area contributed by atoms with Crippen LogP contribution >= 0.6 is 0 Å². The number of rotatable bonds is 5. The first kappa shape index (κ1) is 26.6. The van der Waals surface area contributed by atoms with Crippen LogP contribution in [0.5, 0.6) is 0 Å². The van der Waals surface area contributed by atoms with Crippen LogP contribution in [-0.2, 0) is 46.2 Å². The summed E-state index contributed by atoms with van der Waals surface area (Å²) >= 11 is 0.